The van der Waals surface area contributed by atoms with Crippen molar-refractivity contribution >= 4 is 11.9 Å². The number of aromatic nitrogens is 2. The molecule has 19 heavy (non-hydrogen) atoms. The highest BCUT2D eigenvalue weighted by Crippen LogP contribution is 2.21. The smallest absolute Gasteiger partial charge is 0.328 e. The molecule has 104 valence electrons. The topological polar surface area (TPSA) is 64.4 Å². The van der Waals surface area contributed by atoms with Crippen molar-refractivity contribution in [3.63, 3.8) is 0 Å². The number of hydrogen-bond acceptors (Lipinski definition) is 4. The lowest BCUT2D eigenvalue weighted by Gasteiger charge is -2.22. The van der Waals surface area contributed by atoms with Crippen molar-refractivity contribution in [2.75, 3.05) is 13.7 Å². The maximum atomic E-state index is 12.5. The van der Waals surface area contributed by atoms with E-state index in [0.717, 1.165) is 12.1 Å². The number of carbonyl (C=O) groups is 2. The Kier molecular flexibility index (Phi) is 3.87. The maximum absolute atomic E-state index is 12.5. The molecule has 0 saturated carbocycles. The Morgan fingerprint density at radius 1 is 1.53 bits per heavy atom. The first kappa shape index (κ1) is 13.6. The number of ether oxygens (including phenoxy) is 1. The van der Waals surface area contributed by atoms with Crippen LogP contribution in [0.25, 0.3) is 0 Å². The van der Waals surface area contributed by atoms with Crippen molar-refractivity contribution in [1.29, 1.82) is 0 Å². The number of carbonyl (C=O) groups excluding carboxylic acids is 2. The van der Waals surface area contributed by atoms with Crippen LogP contribution in [0.1, 0.15) is 35.9 Å². The summed E-state index contributed by atoms with van der Waals surface area (Å²) >= 11 is 0. The molecule has 0 aromatic carbocycles. The molecule has 0 N–H and O–H groups in total. The zero-order valence-electron chi connectivity index (χ0n) is 11.5. The number of nitrogens with zero attached hydrogens (tertiary/aromatic N) is 3. The lowest BCUT2D eigenvalue weighted by atomic mass is 10.2. The Balaban J connectivity index is 2.25. The molecule has 0 bridgehead atoms. The highest BCUT2D eigenvalue weighted by Gasteiger charge is 2.36. The van der Waals surface area contributed by atoms with E-state index < -0.39 is 6.04 Å². The number of rotatable bonds is 3. The molecule has 1 fully saturated rings. The largest absolute Gasteiger partial charge is 0.467 e. The van der Waals surface area contributed by atoms with Crippen LogP contribution in [0.5, 0.6) is 0 Å². The van der Waals surface area contributed by atoms with Crippen LogP contribution < -0.4 is 0 Å². The number of likely N-dealkylation sites (tertiary alicyclic amines) is 1. The fourth-order valence-electron chi connectivity index (χ4n) is 2.50. The van der Waals surface area contributed by atoms with Gasteiger partial charge in [-0.25, -0.2) is 4.79 Å². The second-order valence-electron chi connectivity index (χ2n) is 4.67. The minimum absolute atomic E-state index is 0.143. The van der Waals surface area contributed by atoms with E-state index in [1.165, 1.54) is 7.11 Å². The van der Waals surface area contributed by atoms with Crippen LogP contribution in [0.3, 0.4) is 0 Å². The Morgan fingerprint density at radius 2 is 2.26 bits per heavy atom. The van der Waals surface area contributed by atoms with Gasteiger partial charge in [0.25, 0.3) is 5.91 Å². The normalized spacial score (nSPS) is 18.7. The summed E-state index contributed by atoms with van der Waals surface area (Å²) in [5.74, 6) is -0.486. The van der Waals surface area contributed by atoms with Gasteiger partial charge in [-0.1, -0.05) is 0 Å². The third kappa shape index (κ3) is 2.47. The molecule has 1 amide bonds. The number of methoxy groups -OCH3 is 1. The highest BCUT2D eigenvalue weighted by atomic mass is 16.5. The van der Waals surface area contributed by atoms with Crippen LogP contribution in [0, 0.1) is 6.92 Å². The predicted octanol–water partition coefficient (Wildman–Crippen LogP) is 0.989. The molecule has 1 aromatic heterocycles. The molecule has 2 rings (SSSR count). The molecular weight excluding hydrogens is 246 g/mol. The number of aryl methyl sites for hydroxylation is 2. The van der Waals surface area contributed by atoms with Crippen molar-refractivity contribution in [1.82, 2.24) is 14.7 Å². The Labute approximate surface area is 112 Å². The van der Waals surface area contributed by atoms with Crippen molar-refractivity contribution in [2.45, 2.75) is 39.3 Å². The standard InChI is InChI=1S/C13H19N3O3/c1-4-16-11(8-9(2)14-16)12(17)15-7-5-6-10(15)13(18)19-3/h8,10H,4-7H2,1-3H3. The zero-order chi connectivity index (χ0) is 14.0. The summed E-state index contributed by atoms with van der Waals surface area (Å²) in [6.45, 7) is 5.01. The summed E-state index contributed by atoms with van der Waals surface area (Å²) in [6, 6.07) is 1.30. The van der Waals surface area contributed by atoms with E-state index in [0.29, 0.717) is 25.2 Å². The van der Waals surface area contributed by atoms with Crippen LogP contribution in [0.4, 0.5) is 0 Å². The highest BCUT2D eigenvalue weighted by molar-refractivity contribution is 5.96. The molecular formula is C13H19N3O3. The van der Waals surface area contributed by atoms with Gasteiger partial charge in [-0.3, -0.25) is 9.48 Å². The van der Waals surface area contributed by atoms with Gasteiger partial charge in [0.1, 0.15) is 11.7 Å². The maximum Gasteiger partial charge on any atom is 0.328 e. The van der Waals surface area contributed by atoms with E-state index in [1.807, 2.05) is 13.8 Å². The molecule has 1 unspecified atom stereocenters. The lowest BCUT2D eigenvalue weighted by Crippen LogP contribution is -2.41. The van der Waals surface area contributed by atoms with Crippen LogP contribution in [0.15, 0.2) is 6.07 Å². The summed E-state index contributed by atoms with van der Waals surface area (Å²) in [7, 11) is 1.35. The van der Waals surface area contributed by atoms with E-state index in [-0.39, 0.29) is 11.9 Å². The van der Waals surface area contributed by atoms with E-state index in [4.69, 9.17) is 4.74 Å². The second-order valence-corrected chi connectivity index (χ2v) is 4.67. The van der Waals surface area contributed by atoms with E-state index >= 15 is 0 Å². The summed E-state index contributed by atoms with van der Waals surface area (Å²) in [5, 5.41) is 4.26. The summed E-state index contributed by atoms with van der Waals surface area (Å²) in [4.78, 5) is 25.8. The molecule has 1 atom stereocenters. The summed E-state index contributed by atoms with van der Waals surface area (Å²) in [5.41, 5.74) is 1.34. The van der Waals surface area contributed by atoms with Gasteiger partial charge < -0.3 is 9.64 Å². The molecule has 2 heterocycles. The zero-order valence-corrected chi connectivity index (χ0v) is 11.5. The first-order chi connectivity index (χ1) is 9.08. The van der Waals surface area contributed by atoms with Gasteiger partial charge in [0, 0.05) is 13.1 Å². The molecule has 1 aliphatic rings. The van der Waals surface area contributed by atoms with Gasteiger partial charge in [0.15, 0.2) is 0 Å². The first-order valence-corrected chi connectivity index (χ1v) is 6.51. The first-order valence-electron chi connectivity index (χ1n) is 6.51. The van der Waals surface area contributed by atoms with Crippen LogP contribution in [0.2, 0.25) is 0 Å². The van der Waals surface area contributed by atoms with E-state index in [9.17, 15) is 9.59 Å². The third-order valence-corrected chi connectivity index (χ3v) is 3.41. The van der Waals surface area contributed by atoms with Crippen LogP contribution in [-0.4, -0.2) is 46.3 Å². The molecule has 1 aliphatic heterocycles. The average Bonchev–Trinajstić information content (AvgIpc) is 3.02. The monoisotopic (exact) mass is 265 g/mol. The van der Waals surface area contributed by atoms with Gasteiger partial charge in [0.05, 0.1) is 12.8 Å². The lowest BCUT2D eigenvalue weighted by molar-refractivity contribution is -0.145. The molecule has 0 radical (unpaired) electrons. The number of esters is 1. The average molecular weight is 265 g/mol. The summed E-state index contributed by atoms with van der Waals surface area (Å²) in [6.07, 6.45) is 1.49. The van der Waals surface area contributed by atoms with Gasteiger partial charge >= 0.3 is 5.97 Å². The van der Waals surface area contributed by atoms with Crippen LogP contribution in [-0.2, 0) is 16.1 Å². The number of amides is 1. The molecule has 6 heteroatoms. The van der Waals surface area contributed by atoms with Crippen molar-refractivity contribution in [3.8, 4) is 0 Å². The Hall–Kier alpha value is -1.85. The molecule has 1 saturated heterocycles. The van der Waals surface area contributed by atoms with E-state index in [2.05, 4.69) is 5.10 Å². The number of hydrogen-bond donors (Lipinski definition) is 0. The fourth-order valence-corrected chi connectivity index (χ4v) is 2.50. The minimum Gasteiger partial charge on any atom is -0.467 e. The fraction of sp³-hybridized carbons (Fsp3) is 0.615. The SMILES string of the molecule is CCn1nc(C)cc1C(=O)N1CCCC1C(=O)OC. The van der Waals surface area contributed by atoms with Gasteiger partial charge in [-0.15, -0.1) is 0 Å². The quantitative estimate of drug-likeness (QED) is 0.764. The molecule has 6 nitrogen and oxygen atoms in total. The van der Waals surface area contributed by atoms with Gasteiger partial charge in [-0.05, 0) is 32.8 Å². The van der Waals surface area contributed by atoms with E-state index in [1.54, 1.807) is 15.6 Å². The van der Waals surface area contributed by atoms with Crippen molar-refractivity contribution in [2.24, 2.45) is 0 Å². The van der Waals surface area contributed by atoms with Gasteiger partial charge in [0.2, 0.25) is 0 Å². The molecule has 1 aromatic rings. The van der Waals surface area contributed by atoms with Crippen molar-refractivity contribution < 1.29 is 14.3 Å². The molecule has 0 spiro atoms. The van der Waals surface area contributed by atoms with Gasteiger partial charge in [-0.2, -0.15) is 5.10 Å². The Bertz CT molecular complexity index is 495. The molecule has 0 aliphatic carbocycles. The predicted molar refractivity (Wildman–Crippen MR) is 68.7 cm³/mol. The van der Waals surface area contributed by atoms with Crippen LogP contribution >= 0.6 is 0 Å². The minimum atomic E-state index is -0.460. The van der Waals surface area contributed by atoms with Crippen molar-refractivity contribution in [3.05, 3.63) is 17.5 Å². The third-order valence-electron chi connectivity index (χ3n) is 3.41. The summed E-state index contributed by atoms with van der Waals surface area (Å²) < 4.78 is 6.43. The Morgan fingerprint density at radius 3 is 2.89 bits per heavy atom. The second kappa shape index (κ2) is 5.42.